The molecule has 1 atom stereocenters. The van der Waals surface area contributed by atoms with Crippen molar-refractivity contribution in [2.75, 3.05) is 13.1 Å². The highest BCUT2D eigenvalue weighted by Crippen LogP contribution is 2.23. The normalized spacial score (nSPS) is 17.2. The molecule has 1 aliphatic heterocycles. The second-order valence-corrected chi connectivity index (χ2v) is 7.87. The number of carbonyl (C=O) groups excluding carboxylic acids is 2. The Bertz CT molecular complexity index is 616. The summed E-state index contributed by atoms with van der Waals surface area (Å²) in [6.07, 6.45) is 1.78. The predicted octanol–water partition coefficient (Wildman–Crippen LogP) is 3.58. The minimum atomic E-state index is -0.483. The van der Waals surface area contributed by atoms with E-state index in [1.807, 2.05) is 38.7 Å². The third-order valence-electron chi connectivity index (χ3n) is 4.40. The van der Waals surface area contributed by atoms with Gasteiger partial charge in [-0.1, -0.05) is 19.1 Å². The first kappa shape index (κ1) is 19.4. The molecule has 0 aliphatic carbocycles. The average Bonchev–Trinajstić information content (AvgIpc) is 2.52. The predicted molar refractivity (Wildman–Crippen MR) is 94.4 cm³/mol. The van der Waals surface area contributed by atoms with E-state index in [4.69, 9.17) is 4.74 Å². The van der Waals surface area contributed by atoms with E-state index < -0.39 is 5.60 Å². The first-order valence-corrected chi connectivity index (χ1v) is 8.92. The Balaban J connectivity index is 1.85. The summed E-state index contributed by atoms with van der Waals surface area (Å²) >= 11 is 0. The van der Waals surface area contributed by atoms with Crippen LogP contribution in [-0.4, -0.2) is 35.5 Å². The molecule has 1 aliphatic rings. The third-order valence-corrected chi connectivity index (χ3v) is 4.40. The van der Waals surface area contributed by atoms with Crippen molar-refractivity contribution < 1.29 is 18.7 Å². The van der Waals surface area contributed by atoms with Gasteiger partial charge in [0.05, 0.1) is 5.92 Å². The van der Waals surface area contributed by atoms with Gasteiger partial charge in [0.1, 0.15) is 11.4 Å². The number of carbonyl (C=O) groups is 2. The summed E-state index contributed by atoms with van der Waals surface area (Å²) in [6.45, 7) is 8.58. The molecule has 0 radical (unpaired) electrons. The Hall–Kier alpha value is -1.91. The molecule has 138 valence electrons. The zero-order chi connectivity index (χ0) is 18.6. The van der Waals surface area contributed by atoms with E-state index in [0.717, 1.165) is 5.56 Å². The van der Waals surface area contributed by atoms with Crippen LogP contribution in [0, 0.1) is 17.7 Å². The Morgan fingerprint density at radius 3 is 2.48 bits per heavy atom. The second kappa shape index (κ2) is 7.98. The Labute approximate surface area is 149 Å². The molecule has 1 aromatic carbocycles. The molecule has 0 bridgehead atoms. The lowest BCUT2D eigenvalue weighted by Gasteiger charge is -2.34. The minimum absolute atomic E-state index is 0.0619. The number of halogens is 1. The van der Waals surface area contributed by atoms with Gasteiger partial charge in [0.2, 0.25) is 5.91 Å². The highest BCUT2D eigenvalue weighted by Gasteiger charge is 2.31. The van der Waals surface area contributed by atoms with Crippen molar-refractivity contribution in [2.24, 2.45) is 11.8 Å². The highest BCUT2D eigenvalue weighted by molar-refractivity contribution is 5.79. The summed E-state index contributed by atoms with van der Waals surface area (Å²) in [5.74, 6) is -0.740. The first-order chi connectivity index (χ1) is 11.7. The summed E-state index contributed by atoms with van der Waals surface area (Å²) in [7, 11) is 0. The number of nitrogens with zero attached hydrogens (tertiary/aromatic N) is 1. The summed E-state index contributed by atoms with van der Waals surface area (Å²) < 4.78 is 18.7. The van der Waals surface area contributed by atoms with Gasteiger partial charge >= 0.3 is 5.97 Å². The van der Waals surface area contributed by atoms with Crippen LogP contribution in [0.3, 0.4) is 0 Å². The zero-order valence-corrected chi connectivity index (χ0v) is 15.5. The van der Waals surface area contributed by atoms with Gasteiger partial charge in [-0.25, -0.2) is 4.39 Å². The molecular weight excluding hydrogens is 321 g/mol. The van der Waals surface area contributed by atoms with Crippen LogP contribution in [0.2, 0.25) is 0 Å². The molecule has 1 aromatic rings. The van der Waals surface area contributed by atoms with Crippen molar-refractivity contribution in [3.8, 4) is 0 Å². The molecule has 1 fully saturated rings. The largest absolute Gasteiger partial charge is 0.460 e. The van der Waals surface area contributed by atoms with Gasteiger partial charge in [0.15, 0.2) is 0 Å². The van der Waals surface area contributed by atoms with E-state index in [9.17, 15) is 14.0 Å². The monoisotopic (exact) mass is 349 g/mol. The van der Waals surface area contributed by atoms with Gasteiger partial charge in [-0.3, -0.25) is 9.59 Å². The van der Waals surface area contributed by atoms with Crippen molar-refractivity contribution in [1.82, 2.24) is 4.90 Å². The number of esters is 1. The number of hydrogen-bond acceptors (Lipinski definition) is 3. The number of benzene rings is 1. The average molecular weight is 349 g/mol. The molecule has 0 aromatic heterocycles. The van der Waals surface area contributed by atoms with Gasteiger partial charge in [-0.15, -0.1) is 0 Å². The Morgan fingerprint density at radius 2 is 1.92 bits per heavy atom. The summed E-state index contributed by atoms with van der Waals surface area (Å²) in [5.41, 5.74) is 0.341. The lowest BCUT2D eigenvalue weighted by molar-refractivity contribution is -0.162. The van der Waals surface area contributed by atoms with Crippen molar-refractivity contribution in [3.63, 3.8) is 0 Å². The van der Waals surface area contributed by atoms with Crippen LogP contribution >= 0.6 is 0 Å². The van der Waals surface area contributed by atoms with Crippen molar-refractivity contribution >= 4 is 11.9 Å². The number of amides is 1. The highest BCUT2D eigenvalue weighted by atomic mass is 19.1. The molecule has 1 amide bonds. The third kappa shape index (κ3) is 5.83. The molecule has 5 heteroatoms. The van der Waals surface area contributed by atoms with Crippen molar-refractivity contribution in [1.29, 1.82) is 0 Å². The van der Waals surface area contributed by atoms with Crippen LogP contribution in [0.5, 0.6) is 0 Å². The van der Waals surface area contributed by atoms with Gasteiger partial charge in [0.25, 0.3) is 0 Å². The maximum absolute atomic E-state index is 13.3. The van der Waals surface area contributed by atoms with Crippen molar-refractivity contribution in [2.45, 2.75) is 52.6 Å². The molecular formula is C20H28FNO3. The molecule has 4 nitrogen and oxygen atoms in total. The van der Waals surface area contributed by atoms with Crippen LogP contribution in [0.25, 0.3) is 0 Å². The number of hydrogen-bond donors (Lipinski definition) is 0. The molecule has 2 rings (SSSR count). The number of rotatable bonds is 4. The first-order valence-electron chi connectivity index (χ1n) is 8.92. The van der Waals surface area contributed by atoms with E-state index in [1.165, 1.54) is 12.1 Å². The zero-order valence-electron chi connectivity index (χ0n) is 15.5. The second-order valence-electron chi connectivity index (χ2n) is 7.87. The lowest BCUT2D eigenvalue weighted by atomic mass is 9.94. The summed E-state index contributed by atoms with van der Waals surface area (Å²) in [5, 5.41) is 0. The Kier molecular flexibility index (Phi) is 6.20. The topological polar surface area (TPSA) is 46.6 Å². The Morgan fingerprint density at radius 1 is 1.28 bits per heavy atom. The number of ether oxygens (including phenoxy) is 1. The van der Waals surface area contributed by atoms with E-state index in [1.54, 1.807) is 6.07 Å². The van der Waals surface area contributed by atoms with E-state index in [-0.39, 0.29) is 29.5 Å². The minimum Gasteiger partial charge on any atom is -0.460 e. The van der Waals surface area contributed by atoms with Crippen LogP contribution in [0.4, 0.5) is 4.39 Å². The maximum atomic E-state index is 13.3. The smallest absolute Gasteiger partial charge is 0.309 e. The molecule has 1 heterocycles. The quantitative estimate of drug-likeness (QED) is 0.781. The van der Waals surface area contributed by atoms with Gasteiger partial charge < -0.3 is 9.64 Å². The van der Waals surface area contributed by atoms with Gasteiger partial charge in [0, 0.05) is 19.0 Å². The van der Waals surface area contributed by atoms with Gasteiger partial charge in [-0.05, 0) is 57.7 Å². The molecule has 1 saturated heterocycles. The molecule has 25 heavy (non-hydrogen) atoms. The number of likely N-dealkylation sites (tertiary alicyclic amines) is 1. The molecule has 0 N–H and O–H groups in total. The lowest BCUT2D eigenvalue weighted by Crippen LogP contribution is -2.44. The summed E-state index contributed by atoms with van der Waals surface area (Å²) in [4.78, 5) is 26.6. The van der Waals surface area contributed by atoms with E-state index in [2.05, 4.69) is 0 Å². The van der Waals surface area contributed by atoms with Crippen molar-refractivity contribution in [3.05, 3.63) is 35.6 Å². The maximum Gasteiger partial charge on any atom is 0.309 e. The fraction of sp³-hybridized carbons (Fsp3) is 0.600. The van der Waals surface area contributed by atoms with Crippen LogP contribution in [-0.2, 0) is 20.7 Å². The fourth-order valence-corrected chi connectivity index (χ4v) is 3.14. The fourth-order valence-electron chi connectivity index (χ4n) is 3.14. The molecule has 0 spiro atoms. The van der Waals surface area contributed by atoms with Crippen LogP contribution in [0.15, 0.2) is 24.3 Å². The van der Waals surface area contributed by atoms with Gasteiger partial charge in [-0.2, -0.15) is 0 Å². The SMILES string of the molecule is CC(Cc1cccc(F)c1)C(=O)N1CCC(C(=O)OC(C)(C)C)CC1. The standard InChI is InChI=1S/C20H28FNO3/c1-14(12-15-6-5-7-17(21)13-15)18(23)22-10-8-16(9-11-22)19(24)25-20(2,3)4/h5-7,13-14,16H,8-12H2,1-4H3. The molecule has 1 unspecified atom stereocenters. The molecule has 0 saturated carbocycles. The van der Waals surface area contributed by atoms with E-state index >= 15 is 0 Å². The van der Waals surface area contributed by atoms with Crippen LogP contribution in [0.1, 0.15) is 46.1 Å². The van der Waals surface area contributed by atoms with E-state index in [0.29, 0.717) is 32.4 Å². The van der Waals surface area contributed by atoms with Crippen LogP contribution < -0.4 is 0 Å². The summed E-state index contributed by atoms with van der Waals surface area (Å²) in [6, 6.07) is 6.37. The number of piperidine rings is 1.